The minimum atomic E-state index is 0.213. The molecule has 3 heteroatoms. The van der Waals surface area contributed by atoms with Gasteiger partial charge in [0.2, 0.25) is 5.91 Å². The Labute approximate surface area is 109 Å². The average Bonchev–Trinajstić information content (AvgIpc) is 2.37. The van der Waals surface area contributed by atoms with Crippen molar-refractivity contribution in [1.29, 1.82) is 0 Å². The highest BCUT2D eigenvalue weighted by Crippen LogP contribution is 2.18. The second-order valence-corrected chi connectivity index (χ2v) is 5.36. The number of hydrogen-bond acceptors (Lipinski definition) is 2. The van der Waals surface area contributed by atoms with Gasteiger partial charge in [0.1, 0.15) is 0 Å². The lowest BCUT2D eigenvalue weighted by Crippen LogP contribution is -2.41. The van der Waals surface area contributed by atoms with E-state index in [9.17, 15) is 4.79 Å². The summed E-state index contributed by atoms with van der Waals surface area (Å²) in [4.78, 5) is 14.0. The van der Waals surface area contributed by atoms with Gasteiger partial charge in [0, 0.05) is 13.1 Å². The van der Waals surface area contributed by atoms with Crippen molar-refractivity contribution in [3.05, 3.63) is 35.4 Å². The Morgan fingerprint density at radius 2 is 2.06 bits per heavy atom. The Bertz CT molecular complexity index is 415. The quantitative estimate of drug-likeness (QED) is 0.879. The summed E-state index contributed by atoms with van der Waals surface area (Å²) < 4.78 is 0. The van der Waals surface area contributed by atoms with Gasteiger partial charge in [-0.05, 0) is 30.0 Å². The van der Waals surface area contributed by atoms with E-state index in [0.717, 1.165) is 26.1 Å². The smallest absolute Gasteiger partial charge is 0.236 e. The fraction of sp³-hybridized carbons (Fsp3) is 0.533. The van der Waals surface area contributed by atoms with E-state index in [1.165, 1.54) is 11.1 Å². The largest absolute Gasteiger partial charge is 0.337 e. The highest BCUT2D eigenvalue weighted by atomic mass is 16.2. The summed E-state index contributed by atoms with van der Waals surface area (Å²) in [5.74, 6) is 0.796. The van der Waals surface area contributed by atoms with E-state index in [2.05, 4.69) is 37.4 Å². The highest BCUT2D eigenvalue weighted by Gasteiger charge is 2.19. The molecule has 2 rings (SSSR count). The van der Waals surface area contributed by atoms with Crippen molar-refractivity contribution in [3.8, 4) is 0 Å². The first-order valence-electron chi connectivity index (χ1n) is 6.72. The molecule has 3 nitrogen and oxygen atoms in total. The van der Waals surface area contributed by atoms with Crippen molar-refractivity contribution in [2.75, 3.05) is 19.6 Å². The molecule has 1 aliphatic heterocycles. The predicted molar refractivity (Wildman–Crippen MR) is 73.3 cm³/mol. The Morgan fingerprint density at radius 1 is 1.33 bits per heavy atom. The highest BCUT2D eigenvalue weighted by molar-refractivity contribution is 5.78. The fourth-order valence-corrected chi connectivity index (χ4v) is 2.29. The lowest BCUT2D eigenvalue weighted by molar-refractivity contribution is -0.131. The lowest BCUT2D eigenvalue weighted by atomic mass is 10.00. The molecular weight excluding hydrogens is 224 g/mol. The third-order valence-corrected chi connectivity index (χ3v) is 3.31. The number of rotatable bonds is 4. The Morgan fingerprint density at radius 3 is 2.78 bits per heavy atom. The topological polar surface area (TPSA) is 32.3 Å². The minimum absolute atomic E-state index is 0.213. The van der Waals surface area contributed by atoms with Gasteiger partial charge in [-0.25, -0.2) is 0 Å². The van der Waals surface area contributed by atoms with Crippen LogP contribution in [-0.4, -0.2) is 30.4 Å². The molecule has 0 aliphatic carbocycles. The van der Waals surface area contributed by atoms with Crippen molar-refractivity contribution in [3.63, 3.8) is 0 Å². The summed E-state index contributed by atoms with van der Waals surface area (Å²) >= 11 is 0. The molecule has 98 valence electrons. The van der Waals surface area contributed by atoms with E-state index < -0.39 is 0 Å². The molecule has 0 saturated carbocycles. The zero-order valence-electron chi connectivity index (χ0n) is 11.3. The molecule has 1 amide bonds. The molecule has 0 saturated heterocycles. The van der Waals surface area contributed by atoms with Crippen LogP contribution in [-0.2, 0) is 17.8 Å². The molecule has 1 heterocycles. The number of carbonyl (C=O) groups is 1. The molecule has 0 fully saturated rings. The molecule has 1 aromatic rings. The first-order chi connectivity index (χ1) is 8.66. The summed E-state index contributed by atoms with van der Waals surface area (Å²) in [6.45, 7) is 7.26. The number of fused-ring (bicyclic) bond motifs is 1. The zero-order valence-corrected chi connectivity index (χ0v) is 11.3. The molecule has 18 heavy (non-hydrogen) atoms. The van der Waals surface area contributed by atoms with Crippen LogP contribution in [0.1, 0.15) is 25.0 Å². The fourth-order valence-electron chi connectivity index (χ4n) is 2.29. The van der Waals surface area contributed by atoms with E-state index in [-0.39, 0.29) is 5.91 Å². The second-order valence-electron chi connectivity index (χ2n) is 5.36. The van der Waals surface area contributed by atoms with Crippen LogP contribution in [0.2, 0.25) is 0 Å². The molecule has 0 aromatic heterocycles. The number of nitrogens with zero attached hydrogens (tertiary/aromatic N) is 1. The lowest BCUT2D eigenvalue weighted by Gasteiger charge is -2.29. The summed E-state index contributed by atoms with van der Waals surface area (Å²) in [5.41, 5.74) is 2.68. The predicted octanol–water partition coefficient (Wildman–Crippen LogP) is 1.82. The molecule has 0 spiro atoms. The molecular formula is C15H22N2O. The molecule has 0 atom stereocenters. The molecule has 1 aliphatic rings. The summed E-state index contributed by atoms with van der Waals surface area (Å²) in [6.07, 6.45) is 0.978. The van der Waals surface area contributed by atoms with Gasteiger partial charge in [-0.3, -0.25) is 4.79 Å². The monoisotopic (exact) mass is 246 g/mol. The number of nitrogens with one attached hydrogen (secondary N) is 1. The maximum absolute atomic E-state index is 12.1. The number of benzene rings is 1. The van der Waals surface area contributed by atoms with Gasteiger partial charge in [0.25, 0.3) is 0 Å². The molecule has 1 N–H and O–H groups in total. The van der Waals surface area contributed by atoms with Gasteiger partial charge in [0.15, 0.2) is 0 Å². The zero-order chi connectivity index (χ0) is 13.0. The summed E-state index contributed by atoms with van der Waals surface area (Å²) in [6, 6.07) is 8.40. The third kappa shape index (κ3) is 3.33. The van der Waals surface area contributed by atoms with Gasteiger partial charge < -0.3 is 10.2 Å². The van der Waals surface area contributed by atoms with Crippen LogP contribution in [0.3, 0.4) is 0 Å². The molecule has 0 bridgehead atoms. The Hall–Kier alpha value is -1.35. The average molecular weight is 246 g/mol. The van der Waals surface area contributed by atoms with E-state index in [4.69, 9.17) is 0 Å². The van der Waals surface area contributed by atoms with Crippen molar-refractivity contribution >= 4 is 5.91 Å². The van der Waals surface area contributed by atoms with Gasteiger partial charge >= 0.3 is 0 Å². The number of carbonyl (C=O) groups excluding carboxylic acids is 1. The van der Waals surface area contributed by atoms with Crippen LogP contribution in [0.4, 0.5) is 0 Å². The van der Waals surface area contributed by atoms with Crippen LogP contribution in [0.15, 0.2) is 24.3 Å². The SMILES string of the molecule is CC(C)CNCC(=O)N1CCc2ccccc2C1. The van der Waals surface area contributed by atoms with E-state index in [1.807, 2.05) is 11.0 Å². The standard InChI is InChI=1S/C15H22N2O/c1-12(2)9-16-10-15(18)17-8-7-13-5-3-4-6-14(13)11-17/h3-6,12,16H,7-11H2,1-2H3. The van der Waals surface area contributed by atoms with Crippen LogP contribution in [0.25, 0.3) is 0 Å². The Kier molecular flexibility index (Phi) is 4.37. The first kappa shape index (κ1) is 13.1. The maximum Gasteiger partial charge on any atom is 0.236 e. The number of amides is 1. The first-order valence-corrected chi connectivity index (χ1v) is 6.72. The van der Waals surface area contributed by atoms with Crippen molar-refractivity contribution in [1.82, 2.24) is 10.2 Å². The summed E-state index contributed by atoms with van der Waals surface area (Å²) in [5, 5.41) is 3.21. The van der Waals surface area contributed by atoms with Gasteiger partial charge in [-0.1, -0.05) is 38.1 Å². The Balaban J connectivity index is 1.87. The van der Waals surface area contributed by atoms with Crippen molar-refractivity contribution < 1.29 is 4.79 Å². The van der Waals surface area contributed by atoms with Crippen LogP contribution in [0.5, 0.6) is 0 Å². The van der Waals surface area contributed by atoms with E-state index in [1.54, 1.807) is 0 Å². The second kappa shape index (κ2) is 6.01. The van der Waals surface area contributed by atoms with Gasteiger partial charge in [-0.15, -0.1) is 0 Å². The van der Waals surface area contributed by atoms with Gasteiger partial charge in [0.05, 0.1) is 6.54 Å². The molecule has 1 aromatic carbocycles. The maximum atomic E-state index is 12.1. The van der Waals surface area contributed by atoms with Gasteiger partial charge in [-0.2, -0.15) is 0 Å². The van der Waals surface area contributed by atoms with Crippen molar-refractivity contribution in [2.45, 2.75) is 26.8 Å². The van der Waals surface area contributed by atoms with Crippen LogP contribution >= 0.6 is 0 Å². The molecule has 0 radical (unpaired) electrons. The van der Waals surface area contributed by atoms with Crippen molar-refractivity contribution in [2.24, 2.45) is 5.92 Å². The summed E-state index contributed by atoms with van der Waals surface area (Å²) in [7, 11) is 0. The normalized spacial score (nSPS) is 14.7. The number of hydrogen-bond donors (Lipinski definition) is 1. The minimum Gasteiger partial charge on any atom is -0.337 e. The molecule has 0 unspecified atom stereocenters. The van der Waals surface area contributed by atoms with E-state index >= 15 is 0 Å². The third-order valence-electron chi connectivity index (χ3n) is 3.31. The van der Waals surface area contributed by atoms with E-state index in [0.29, 0.717) is 12.5 Å². The van der Waals surface area contributed by atoms with Crippen LogP contribution in [0, 0.1) is 5.92 Å². The van der Waals surface area contributed by atoms with Crippen LogP contribution < -0.4 is 5.32 Å².